The predicted molar refractivity (Wildman–Crippen MR) is 63.1 cm³/mol. The molecule has 0 aromatic heterocycles. The smallest absolute Gasteiger partial charge is 0.206 e. The van der Waals surface area contributed by atoms with Crippen molar-refractivity contribution in [3.05, 3.63) is 35.6 Å². The van der Waals surface area contributed by atoms with E-state index in [0.717, 1.165) is 5.56 Å². The van der Waals surface area contributed by atoms with Gasteiger partial charge < -0.3 is 5.32 Å². The molecule has 0 aliphatic carbocycles. The summed E-state index contributed by atoms with van der Waals surface area (Å²) in [5, 5.41) is 3.05. The first-order valence-electron chi connectivity index (χ1n) is 5.14. The van der Waals surface area contributed by atoms with Crippen molar-refractivity contribution >= 4 is 5.96 Å². The third-order valence-electron chi connectivity index (χ3n) is 1.90. The third-order valence-corrected chi connectivity index (χ3v) is 1.90. The van der Waals surface area contributed by atoms with E-state index in [2.05, 4.69) is 15.7 Å². The van der Waals surface area contributed by atoms with Gasteiger partial charge in [-0.2, -0.15) is 0 Å². The van der Waals surface area contributed by atoms with Gasteiger partial charge in [0.1, 0.15) is 5.82 Å². The van der Waals surface area contributed by atoms with Crippen LogP contribution in [0.3, 0.4) is 0 Å². The van der Waals surface area contributed by atoms with Crippen molar-refractivity contribution in [2.75, 3.05) is 0 Å². The van der Waals surface area contributed by atoms with Crippen molar-refractivity contribution in [1.82, 2.24) is 10.7 Å². The molecular weight excluding hydrogens is 207 g/mol. The maximum absolute atomic E-state index is 12.6. The monoisotopic (exact) mass is 224 g/mol. The first-order chi connectivity index (χ1) is 7.61. The van der Waals surface area contributed by atoms with Crippen LogP contribution in [0.25, 0.3) is 0 Å². The molecule has 0 bridgehead atoms. The first kappa shape index (κ1) is 12.4. The largest absolute Gasteiger partial charge is 0.353 e. The van der Waals surface area contributed by atoms with Gasteiger partial charge in [-0.15, -0.1) is 0 Å². The van der Waals surface area contributed by atoms with Crippen LogP contribution in [0.4, 0.5) is 4.39 Å². The van der Waals surface area contributed by atoms with E-state index in [0.29, 0.717) is 12.5 Å². The highest BCUT2D eigenvalue weighted by Crippen LogP contribution is 2.03. The zero-order valence-corrected chi connectivity index (χ0v) is 9.50. The zero-order chi connectivity index (χ0) is 12.0. The van der Waals surface area contributed by atoms with Crippen LogP contribution in [0.5, 0.6) is 0 Å². The Balaban J connectivity index is 2.59. The highest BCUT2D eigenvalue weighted by Gasteiger charge is 1.98. The lowest BCUT2D eigenvalue weighted by Gasteiger charge is -2.11. The fourth-order valence-corrected chi connectivity index (χ4v) is 1.17. The zero-order valence-electron chi connectivity index (χ0n) is 9.50. The summed E-state index contributed by atoms with van der Waals surface area (Å²) in [4.78, 5) is 4.23. The molecule has 0 radical (unpaired) electrons. The molecule has 1 aromatic carbocycles. The van der Waals surface area contributed by atoms with Crippen molar-refractivity contribution in [2.24, 2.45) is 10.8 Å². The van der Waals surface area contributed by atoms with Crippen LogP contribution in [0.2, 0.25) is 0 Å². The van der Waals surface area contributed by atoms with Crippen molar-refractivity contribution in [1.29, 1.82) is 0 Å². The van der Waals surface area contributed by atoms with E-state index in [1.807, 2.05) is 13.8 Å². The van der Waals surface area contributed by atoms with Crippen LogP contribution in [0.15, 0.2) is 29.3 Å². The fourth-order valence-electron chi connectivity index (χ4n) is 1.17. The minimum atomic E-state index is -0.245. The average molecular weight is 224 g/mol. The quantitative estimate of drug-likeness (QED) is 0.312. The lowest BCUT2D eigenvalue weighted by molar-refractivity contribution is 0.627. The molecular formula is C11H17FN4. The minimum Gasteiger partial charge on any atom is -0.353 e. The van der Waals surface area contributed by atoms with Crippen LogP contribution >= 0.6 is 0 Å². The molecule has 5 heteroatoms. The number of nitrogens with two attached hydrogens (primary N) is 1. The summed E-state index contributed by atoms with van der Waals surface area (Å²) in [6.45, 7) is 4.44. The van der Waals surface area contributed by atoms with Gasteiger partial charge in [0.2, 0.25) is 5.96 Å². The summed E-state index contributed by atoms with van der Waals surface area (Å²) >= 11 is 0. The fraction of sp³-hybridized carbons (Fsp3) is 0.364. The average Bonchev–Trinajstić information content (AvgIpc) is 2.26. The van der Waals surface area contributed by atoms with Crippen LogP contribution in [-0.4, -0.2) is 12.0 Å². The van der Waals surface area contributed by atoms with Crippen LogP contribution < -0.4 is 16.6 Å². The Bertz CT molecular complexity index is 346. The molecule has 0 heterocycles. The molecule has 0 aliphatic heterocycles. The number of hydrazine groups is 1. The number of halogens is 1. The molecule has 1 rings (SSSR count). The molecule has 0 saturated carbocycles. The number of guanidine groups is 1. The number of benzene rings is 1. The Morgan fingerprint density at radius 1 is 1.38 bits per heavy atom. The highest BCUT2D eigenvalue weighted by atomic mass is 19.1. The Morgan fingerprint density at radius 3 is 2.50 bits per heavy atom. The standard InChI is InChI=1S/C11H17FN4/c1-8(2)15-11(16-13)14-7-9-3-5-10(12)6-4-9/h3-6,8H,7,13H2,1-2H3,(H2,14,15,16). The van der Waals surface area contributed by atoms with Crippen LogP contribution in [0.1, 0.15) is 19.4 Å². The number of hydrogen-bond donors (Lipinski definition) is 3. The Labute approximate surface area is 94.7 Å². The maximum atomic E-state index is 12.6. The molecule has 0 amide bonds. The van der Waals surface area contributed by atoms with E-state index < -0.39 is 0 Å². The molecule has 0 unspecified atom stereocenters. The summed E-state index contributed by atoms with van der Waals surface area (Å²) in [6, 6.07) is 6.47. The van der Waals surface area contributed by atoms with Crippen LogP contribution in [-0.2, 0) is 6.54 Å². The maximum Gasteiger partial charge on any atom is 0.206 e. The van der Waals surface area contributed by atoms with Gasteiger partial charge in [0, 0.05) is 6.04 Å². The van der Waals surface area contributed by atoms with Gasteiger partial charge in [0.25, 0.3) is 0 Å². The number of nitrogens with one attached hydrogen (secondary N) is 2. The second-order valence-electron chi connectivity index (χ2n) is 3.73. The lowest BCUT2D eigenvalue weighted by atomic mass is 10.2. The lowest BCUT2D eigenvalue weighted by Crippen LogP contribution is -2.44. The minimum absolute atomic E-state index is 0.245. The molecule has 88 valence electrons. The van der Waals surface area contributed by atoms with Crippen LogP contribution in [0, 0.1) is 5.82 Å². The molecule has 0 fully saturated rings. The van der Waals surface area contributed by atoms with E-state index in [1.54, 1.807) is 12.1 Å². The number of nitrogens with zero attached hydrogens (tertiary/aromatic N) is 1. The summed E-state index contributed by atoms with van der Waals surface area (Å²) in [6.07, 6.45) is 0. The molecule has 0 atom stereocenters. The summed E-state index contributed by atoms with van der Waals surface area (Å²) in [5.41, 5.74) is 3.41. The number of rotatable bonds is 3. The van der Waals surface area contributed by atoms with Gasteiger partial charge in [-0.25, -0.2) is 15.2 Å². The Hall–Kier alpha value is -1.62. The SMILES string of the molecule is CC(C)NC(=NCc1ccc(F)cc1)NN. The second kappa shape index (κ2) is 6.07. The van der Waals surface area contributed by atoms with E-state index in [1.165, 1.54) is 12.1 Å². The van der Waals surface area contributed by atoms with Gasteiger partial charge in [0.15, 0.2) is 0 Å². The van der Waals surface area contributed by atoms with Gasteiger partial charge in [-0.3, -0.25) is 5.43 Å². The molecule has 1 aromatic rings. The Kier molecular flexibility index (Phi) is 4.72. The van der Waals surface area contributed by atoms with E-state index in [-0.39, 0.29) is 11.9 Å². The molecule has 4 nitrogen and oxygen atoms in total. The first-order valence-corrected chi connectivity index (χ1v) is 5.14. The van der Waals surface area contributed by atoms with Crippen molar-refractivity contribution in [3.8, 4) is 0 Å². The molecule has 16 heavy (non-hydrogen) atoms. The van der Waals surface area contributed by atoms with E-state index >= 15 is 0 Å². The molecule has 0 spiro atoms. The van der Waals surface area contributed by atoms with Crippen molar-refractivity contribution in [3.63, 3.8) is 0 Å². The second-order valence-corrected chi connectivity index (χ2v) is 3.73. The Morgan fingerprint density at radius 2 is 2.00 bits per heavy atom. The van der Waals surface area contributed by atoms with Gasteiger partial charge in [0.05, 0.1) is 6.54 Å². The topological polar surface area (TPSA) is 62.4 Å². The normalized spacial score (nSPS) is 11.7. The highest BCUT2D eigenvalue weighted by molar-refractivity contribution is 5.79. The summed E-state index contributed by atoms with van der Waals surface area (Å²) in [7, 11) is 0. The van der Waals surface area contributed by atoms with E-state index in [9.17, 15) is 4.39 Å². The summed E-state index contributed by atoms with van der Waals surface area (Å²) in [5.74, 6) is 5.59. The molecule has 4 N–H and O–H groups in total. The molecule has 0 aliphatic rings. The van der Waals surface area contributed by atoms with Crippen molar-refractivity contribution < 1.29 is 4.39 Å². The molecule has 0 saturated heterocycles. The predicted octanol–water partition coefficient (Wildman–Crippen LogP) is 1.14. The van der Waals surface area contributed by atoms with Crippen molar-refractivity contribution in [2.45, 2.75) is 26.4 Å². The number of aliphatic imine (C=N–C) groups is 1. The van der Waals surface area contributed by atoms with E-state index in [4.69, 9.17) is 5.84 Å². The summed E-state index contributed by atoms with van der Waals surface area (Å²) < 4.78 is 12.6. The van der Waals surface area contributed by atoms with Gasteiger partial charge in [-0.05, 0) is 31.5 Å². The number of hydrogen-bond acceptors (Lipinski definition) is 2. The third kappa shape index (κ3) is 4.27. The van der Waals surface area contributed by atoms with Gasteiger partial charge in [-0.1, -0.05) is 12.1 Å². The van der Waals surface area contributed by atoms with Gasteiger partial charge >= 0.3 is 0 Å².